The molecule has 1 heterocycles. The van der Waals surface area contributed by atoms with Crippen molar-refractivity contribution in [1.29, 1.82) is 0 Å². The van der Waals surface area contributed by atoms with Crippen LogP contribution in [0.25, 0.3) is 11.4 Å². The highest BCUT2D eigenvalue weighted by atomic mass is 15.2. The lowest BCUT2D eigenvalue weighted by Crippen LogP contribution is -2.09. The van der Waals surface area contributed by atoms with Gasteiger partial charge in [0.2, 0.25) is 11.9 Å². The third kappa shape index (κ3) is 84.3. The molecule has 0 spiro atoms. The van der Waals surface area contributed by atoms with E-state index in [-0.39, 0.29) is 0 Å². The summed E-state index contributed by atoms with van der Waals surface area (Å²) in [7, 11) is 0. The Bertz CT molecular complexity index is 3010. The second-order valence-electron chi connectivity index (χ2n) is 48.5. The van der Waals surface area contributed by atoms with Gasteiger partial charge in [-0.25, -0.2) is 0 Å². The van der Waals surface area contributed by atoms with E-state index in [1.807, 2.05) is 0 Å². The van der Waals surface area contributed by atoms with E-state index in [0.29, 0.717) is 11.9 Å². The first kappa shape index (κ1) is 136. The molecule has 0 unspecified atom stereocenters. The third-order valence-corrected chi connectivity index (χ3v) is 34.1. The summed E-state index contributed by atoms with van der Waals surface area (Å²) in [5, 5.41) is 8.11. The van der Waals surface area contributed by atoms with Crippen LogP contribution in [0.15, 0.2) is 48.5 Å². The molecule has 4 rings (SSSR count). The highest BCUT2D eigenvalue weighted by Gasteiger charge is 2.20. The molecule has 2 N–H and O–H groups in total. The quantitative estimate of drug-likeness (QED) is 0.0431. The zero-order chi connectivity index (χ0) is 104. The molecule has 0 saturated heterocycles. The number of hydrogen-bond acceptors (Lipinski definition) is 5. The van der Waals surface area contributed by atoms with Crippen LogP contribution in [0, 0.1) is 6.92 Å². The van der Waals surface area contributed by atoms with Crippen molar-refractivity contribution in [2.75, 3.05) is 10.6 Å². The van der Waals surface area contributed by atoms with E-state index in [1.54, 1.807) is 33.4 Å². The number of aryl methyl sites for hydroxylation is 5. The Labute approximate surface area is 922 Å². The van der Waals surface area contributed by atoms with Crippen molar-refractivity contribution < 1.29 is 0 Å². The van der Waals surface area contributed by atoms with E-state index in [9.17, 15) is 0 Å². The largest absolute Gasteiger partial charge is 0.324 e. The number of rotatable bonds is 119. The van der Waals surface area contributed by atoms with Gasteiger partial charge >= 0.3 is 0 Å². The Kier molecular flexibility index (Phi) is 99.4. The van der Waals surface area contributed by atoms with Crippen LogP contribution in [-0.2, 0) is 38.5 Å². The van der Waals surface area contributed by atoms with Crippen molar-refractivity contribution in [3.05, 3.63) is 87.5 Å². The fraction of sp³-hybridized carbons (Fsp3) is 0.852. The second-order valence-corrected chi connectivity index (χ2v) is 48.5. The fourth-order valence-electron chi connectivity index (χ4n) is 24.1. The van der Waals surface area contributed by atoms with Gasteiger partial charge in [-0.3, -0.25) is 0 Å². The van der Waals surface area contributed by atoms with Gasteiger partial charge < -0.3 is 10.6 Å². The van der Waals surface area contributed by atoms with Gasteiger partial charge in [-0.1, -0.05) is 726 Å². The van der Waals surface area contributed by atoms with Gasteiger partial charge in [0.25, 0.3) is 0 Å². The summed E-state index contributed by atoms with van der Waals surface area (Å²) in [6.45, 7) is 16.2. The summed E-state index contributed by atoms with van der Waals surface area (Å²) in [6.07, 6.45) is 160. The molecule has 0 aliphatic carbocycles. The molecule has 0 aliphatic heterocycles. The van der Waals surface area contributed by atoms with Gasteiger partial charge in [-0.2, -0.15) is 15.0 Å². The molecule has 5 heteroatoms. The third-order valence-electron chi connectivity index (χ3n) is 34.1. The predicted octanol–water partition coefficient (Wildman–Crippen LogP) is 50.8. The highest BCUT2D eigenvalue weighted by Crippen LogP contribution is 2.35. The van der Waals surface area contributed by atoms with E-state index in [2.05, 4.69) is 108 Å². The molecule has 1 aromatic heterocycles. The molecule has 147 heavy (non-hydrogen) atoms. The number of benzene rings is 3. The minimum absolute atomic E-state index is 0.654. The van der Waals surface area contributed by atoms with Crippen LogP contribution in [0.4, 0.5) is 23.3 Å². The van der Waals surface area contributed by atoms with Gasteiger partial charge in [0.1, 0.15) is 0 Å². The number of hydrogen-bond donors (Lipinski definition) is 2. The van der Waals surface area contributed by atoms with Crippen LogP contribution in [0.1, 0.15) is 774 Å². The van der Waals surface area contributed by atoms with Gasteiger partial charge in [-0.15, -0.1) is 0 Å². The minimum atomic E-state index is 0.654. The lowest BCUT2D eigenvalue weighted by Gasteiger charge is -2.20. The lowest BCUT2D eigenvalue weighted by atomic mass is 9.89. The second kappa shape index (κ2) is 108. The summed E-state index contributed by atoms with van der Waals surface area (Å²) in [5.41, 5.74) is 14.4. The Morgan fingerprint density at radius 1 is 0.150 bits per heavy atom. The van der Waals surface area contributed by atoms with Crippen LogP contribution in [0.2, 0.25) is 0 Å². The van der Waals surface area contributed by atoms with Crippen molar-refractivity contribution >= 4 is 23.3 Å². The Hall–Kier alpha value is -3.73. The molecule has 0 saturated carbocycles. The Morgan fingerprint density at radius 3 is 0.422 bits per heavy atom. The standard InChI is InChI=1S/C142H259N5/c1-8-14-20-26-32-38-44-50-56-62-68-74-80-86-92-98-104-110-116-132-126-136(127-133(117-111-105-99-93-87-81-75-69-63-57-51-45-39-33-27-21-15-9-2)138(132)120-114-108-102-96-90-84-78-72-66-60-54-48-42-36-30-24-18-12-5)143-141-145-140(131-124-122-130(7)123-125-131)146-142(147-141)144-137-128-134(118-112-106-100-94-88-82-76-70-64-58-52-46-40-34-28-22-16-10-3)139(121-115-109-103-97-91-85-79-73-67-61-55-49-43-37-31-25-19-13-6)135(129-137)119-113-107-101-95-89-83-77-71-65-59-53-47-41-35-29-23-17-11-4/h122-129H,8-121H2,1-7H3,(H2,143,144,145,146,147). The first-order chi connectivity index (χ1) is 72.9. The monoisotopic (exact) mass is 2040 g/mol. The normalized spacial score (nSPS) is 11.7. The van der Waals surface area contributed by atoms with E-state index in [0.717, 1.165) is 37.1 Å². The summed E-state index contributed by atoms with van der Waals surface area (Å²) >= 11 is 0. The van der Waals surface area contributed by atoms with Crippen LogP contribution < -0.4 is 10.6 Å². The van der Waals surface area contributed by atoms with Gasteiger partial charge in [-0.05, 0) is 142 Å². The van der Waals surface area contributed by atoms with E-state index in [4.69, 9.17) is 15.0 Å². The van der Waals surface area contributed by atoms with Crippen molar-refractivity contribution in [2.45, 2.75) is 780 Å². The maximum absolute atomic E-state index is 5.55. The molecule has 0 fully saturated rings. The number of nitrogens with zero attached hydrogens (tertiary/aromatic N) is 3. The van der Waals surface area contributed by atoms with Crippen molar-refractivity contribution in [3.8, 4) is 11.4 Å². The zero-order valence-corrected chi connectivity index (χ0v) is 101. The lowest BCUT2D eigenvalue weighted by molar-refractivity contribution is 0.523. The molecule has 0 atom stereocenters. The van der Waals surface area contributed by atoms with E-state index >= 15 is 0 Å². The highest BCUT2D eigenvalue weighted by molar-refractivity contribution is 5.66. The number of nitrogens with one attached hydrogen (secondary N) is 2. The van der Waals surface area contributed by atoms with Gasteiger partial charge in [0, 0.05) is 16.9 Å². The number of unbranched alkanes of at least 4 members (excludes halogenated alkanes) is 102. The molecule has 852 valence electrons. The fourth-order valence-corrected chi connectivity index (χ4v) is 24.1. The average Bonchev–Trinajstić information content (AvgIpc) is 0.799. The summed E-state index contributed by atoms with van der Waals surface area (Å²) in [5.74, 6) is 2.05. The summed E-state index contributed by atoms with van der Waals surface area (Å²) in [6, 6.07) is 19.3. The molecule has 0 aliphatic rings. The number of anilines is 4. The van der Waals surface area contributed by atoms with E-state index in [1.165, 1.54) is 723 Å². The van der Waals surface area contributed by atoms with Crippen molar-refractivity contribution in [3.63, 3.8) is 0 Å². The van der Waals surface area contributed by atoms with Crippen LogP contribution in [0.3, 0.4) is 0 Å². The molecule has 0 bridgehead atoms. The first-order valence-corrected chi connectivity index (χ1v) is 68.6. The van der Waals surface area contributed by atoms with Crippen molar-refractivity contribution in [2.24, 2.45) is 0 Å². The maximum atomic E-state index is 5.55. The summed E-state index contributed by atoms with van der Waals surface area (Å²) in [4.78, 5) is 16.5. The van der Waals surface area contributed by atoms with Gasteiger partial charge in [0.15, 0.2) is 5.82 Å². The first-order valence-electron chi connectivity index (χ1n) is 68.6. The maximum Gasteiger partial charge on any atom is 0.232 e. The van der Waals surface area contributed by atoms with Crippen LogP contribution >= 0.6 is 0 Å². The van der Waals surface area contributed by atoms with Crippen LogP contribution in [0.5, 0.6) is 0 Å². The molecule has 4 aromatic rings. The topological polar surface area (TPSA) is 62.7 Å². The van der Waals surface area contributed by atoms with Crippen LogP contribution in [-0.4, -0.2) is 15.0 Å². The molecular formula is C142H259N5. The van der Waals surface area contributed by atoms with Crippen molar-refractivity contribution in [1.82, 2.24) is 15.0 Å². The SMILES string of the molecule is CCCCCCCCCCCCCCCCCCCCc1cc(Nc2nc(Nc3cc(CCCCCCCCCCCCCCCCCCCC)c(CCCCCCCCCCCCCCCCCCCC)c(CCCCCCCCCCCCCCCCCCCC)c3)nc(-c3ccc(C)cc3)n2)cc(CCCCCCCCCCCCCCCCCCCC)c1CCCCCCCCCCCCCCCCCCCC. The smallest absolute Gasteiger partial charge is 0.232 e. The predicted molar refractivity (Wildman–Crippen MR) is 664 cm³/mol. The average molecular weight is 2040 g/mol. The molecular weight excluding hydrogens is 1780 g/mol. The van der Waals surface area contributed by atoms with Gasteiger partial charge in [0.05, 0.1) is 0 Å². The molecule has 3 aromatic carbocycles. The zero-order valence-electron chi connectivity index (χ0n) is 101. The molecule has 0 radical (unpaired) electrons. The molecule has 5 nitrogen and oxygen atoms in total. The Morgan fingerprint density at radius 2 is 0.279 bits per heavy atom. The molecule has 0 amide bonds. The number of aromatic nitrogens is 3. The van der Waals surface area contributed by atoms with E-state index < -0.39 is 0 Å². The minimum Gasteiger partial charge on any atom is -0.324 e. The Balaban J connectivity index is 1.67. The summed E-state index contributed by atoms with van der Waals surface area (Å²) < 4.78 is 0.